The van der Waals surface area contributed by atoms with Gasteiger partial charge in [0.15, 0.2) is 0 Å². The van der Waals surface area contributed by atoms with Crippen LogP contribution in [0.2, 0.25) is 0 Å². The Morgan fingerprint density at radius 1 is 1.47 bits per heavy atom. The zero-order valence-corrected chi connectivity index (χ0v) is 12.5. The van der Waals surface area contributed by atoms with E-state index in [4.69, 9.17) is 5.73 Å². The number of nitrogens with zero attached hydrogens (tertiary/aromatic N) is 2. The molecule has 0 saturated carbocycles. The summed E-state index contributed by atoms with van der Waals surface area (Å²) in [5.74, 6) is 0.326. The van der Waals surface area contributed by atoms with Gasteiger partial charge in [0.25, 0.3) is 0 Å². The van der Waals surface area contributed by atoms with Gasteiger partial charge in [0.05, 0.1) is 5.75 Å². The van der Waals surface area contributed by atoms with Crippen molar-refractivity contribution in [3.63, 3.8) is 0 Å². The fourth-order valence-corrected chi connectivity index (χ4v) is 3.60. The van der Waals surface area contributed by atoms with Gasteiger partial charge in [0.2, 0.25) is 5.91 Å². The maximum absolute atomic E-state index is 11.6. The zero-order valence-electron chi connectivity index (χ0n) is 10.9. The maximum atomic E-state index is 11.6. The first-order valence-electron chi connectivity index (χ1n) is 5.93. The van der Waals surface area contributed by atoms with Gasteiger partial charge in [-0.1, -0.05) is 11.8 Å². The Hall–Kier alpha value is -1.18. The predicted molar refractivity (Wildman–Crippen MR) is 79.7 cm³/mol. The minimum absolute atomic E-state index is 0.0215. The van der Waals surface area contributed by atoms with Crippen molar-refractivity contribution in [1.82, 2.24) is 15.3 Å². The second kappa shape index (κ2) is 6.31. The van der Waals surface area contributed by atoms with Crippen molar-refractivity contribution in [3.05, 3.63) is 16.8 Å². The summed E-state index contributed by atoms with van der Waals surface area (Å²) in [7, 11) is 0. The molecule has 0 aliphatic rings. The normalized spacial score (nSPS) is 10.9. The summed E-state index contributed by atoms with van der Waals surface area (Å²) in [6, 6.07) is 0. The number of hydrogen-bond donors (Lipinski definition) is 2. The molecule has 2 heterocycles. The van der Waals surface area contributed by atoms with Gasteiger partial charge in [0.1, 0.15) is 16.2 Å². The Kier molecular flexibility index (Phi) is 4.73. The van der Waals surface area contributed by atoms with Crippen LogP contribution in [0.25, 0.3) is 10.2 Å². The highest BCUT2D eigenvalue weighted by Crippen LogP contribution is 2.34. The lowest BCUT2D eigenvalue weighted by molar-refractivity contribution is -0.118. The van der Waals surface area contributed by atoms with E-state index in [9.17, 15) is 4.79 Å². The first-order chi connectivity index (χ1) is 9.13. The highest BCUT2D eigenvalue weighted by Gasteiger charge is 2.13. The molecule has 5 nitrogen and oxygen atoms in total. The van der Waals surface area contributed by atoms with Gasteiger partial charge in [0, 0.05) is 23.4 Å². The number of rotatable bonds is 5. The van der Waals surface area contributed by atoms with Crippen molar-refractivity contribution in [2.45, 2.75) is 18.9 Å². The minimum atomic E-state index is -0.0215. The van der Waals surface area contributed by atoms with Gasteiger partial charge in [-0.3, -0.25) is 4.79 Å². The van der Waals surface area contributed by atoms with Crippen LogP contribution in [-0.2, 0) is 4.79 Å². The number of nitrogens with one attached hydrogen (secondary N) is 1. The van der Waals surface area contributed by atoms with Gasteiger partial charge >= 0.3 is 0 Å². The van der Waals surface area contributed by atoms with Gasteiger partial charge in [-0.2, -0.15) is 0 Å². The molecule has 0 unspecified atom stereocenters. The number of aryl methyl sites for hydroxylation is 2. The van der Waals surface area contributed by atoms with Crippen molar-refractivity contribution in [1.29, 1.82) is 0 Å². The number of thioether (sulfide) groups is 1. The van der Waals surface area contributed by atoms with E-state index in [-0.39, 0.29) is 5.91 Å². The Bertz CT molecular complexity index is 597. The molecule has 3 N–H and O–H groups in total. The van der Waals surface area contributed by atoms with Crippen LogP contribution in [0.3, 0.4) is 0 Å². The third-order valence-corrected chi connectivity index (χ3v) is 4.84. The summed E-state index contributed by atoms with van der Waals surface area (Å²) < 4.78 is 0. The van der Waals surface area contributed by atoms with Crippen molar-refractivity contribution in [2.75, 3.05) is 18.8 Å². The molecular formula is C12H16N4OS2. The largest absolute Gasteiger partial charge is 0.354 e. The molecule has 0 fully saturated rings. The average molecular weight is 296 g/mol. The molecule has 1 amide bonds. The Labute approximate surface area is 120 Å². The second-order valence-electron chi connectivity index (χ2n) is 4.07. The first-order valence-corrected chi connectivity index (χ1v) is 7.74. The number of hydrogen-bond acceptors (Lipinski definition) is 6. The molecule has 0 saturated heterocycles. The standard InChI is InChI=1S/C12H16N4OS2/c1-7-8(2)19-12-10(7)11(15-6-16-12)18-5-9(17)14-4-3-13/h6H,3-5,13H2,1-2H3,(H,14,17). The lowest BCUT2D eigenvalue weighted by Gasteiger charge is -2.04. The molecule has 0 aliphatic heterocycles. The monoisotopic (exact) mass is 296 g/mol. The number of fused-ring (bicyclic) bond motifs is 1. The van der Waals surface area contributed by atoms with Crippen molar-refractivity contribution in [2.24, 2.45) is 5.73 Å². The Balaban J connectivity index is 2.14. The van der Waals surface area contributed by atoms with E-state index < -0.39 is 0 Å². The van der Waals surface area contributed by atoms with E-state index in [1.807, 2.05) is 0 Å². The van der Waals surface area contributed by atoms with Crippen molar-refractivity contribution in [3.8, 4) is 0 Å². The summed E-state index contributed by atoms with van der Waals surface area (Å²) in [4.78, 5) is 22.4. The molecule has 0 aromatic carbocycles. The molecule has 2 aromatic heterocycles. The molecule has 102 valence electrons. The number of nitrogens with two attached hydrogens (primary N) is 1. The van der Waals surface area contributed by atoms with Gasteiger partial charge < -0.3 is 11.1 Å². The highest BCUT2D eigenvalue weighted by atomic mass is 32.2. The first kappa shape index (κ1) is 14.2. The maximum Gasteiger partial charge on any atom is 0.230 e. The van der Waals surface area contributed by atoms with E-state index in [1.165, 1.54) is 22.2 Å². The van der Waals surface area contributed by atoms with Crippen LogP contribution in [0.1, 0.15) is 10.4 Å². The number of carbonyl (C=O) groups is 1. The molecule has 0 atom stereocenters. The lowest BCUT2D eigenvalue weighted by Crippen LogP contribution is -2.30. The van der Waals surface area contributed by atoms with Gasteiger partial charge in [-0.15, -0.1) is 11.3 Å². The van der Waals surface area contributed by atoms with Crippen LogP contribution in [0.4, 0.5) is 0 Å². The van der Waals surface area contributed by atoms with Crippen LogP contribution < -0.4 is 11.1 Å². The van der Waals surface area contributed by atoms with E-state index >= 15 is 0 Å². The second-order valence-corrected chi connectivity index (χ2v) is 6.24. The smallest absolute Gasteiger partial charge is 0.230 e. The molecule has 0 aliphatic carbocycles. The molecule has 0 spiro atoms. The number of thiophene rings is 1. The molecular weight excluding hydrogens is 280 g/mol. The molecule has 0 bridgehead atoms. The quantitative estimate of drug-likeness (QED) is 0.645. The van der Waals surface area contributed by atoms with Crippen LogP contribution in [0.5, 0.6) is 0 Å². The van der Waals surface area contributed by atoms with Crippen LogP contribution in [0.15, 0.2) is 11.4 Å². The van der Waals surface area contributed by atoms with Gasteiger partial charge in [-0.25, -0.2) is 9.97 Å². The lowest BCUT2D eigenvalue weighted by atomic mass is 10.2. The van der Waals surface area contributed by atoms with E-state index in [2.05, 4.69) is 29.1 Å². The molecule has 0 radical (unpaired) electrons. The van der Waals surface area contributed by atoms with Crippen LogP contribution >= 0.6 is 23.1 Å². The zero-order chi connectivity index (χ0) is 13.8. The molecule has 19 heavy (non-hydrogen) atoms. The summed E-state index contributed by atoms with van der Waals surface area (Å²) in [6.45, 7) is 5.10. The summed E-state index contributed by atoms with van der Waals surface area (Å²) >= 11 is 3.10. The van der Waals surface area contributed by atoms with E-state index in [1.54, 1.807) is 17.7 Å². The minimum Gasteiger partial charge on any atom is -0.354 e. The number of amides is 1. The fourth-order valence-electron chi connectivity index (χ4n) is 1.66. The average Bonchev–Trinajstić information content (AvgIpc) is 2.70. The number of aromatic nitrogens is 2. The van der Waals surface area contributed by atoms with E-state index in [0.717, 1.165) is 15.2 Å². The van der Waals surface area contributed by atoms with Crippen molar-refractivity contribution < 1.29 is 4.79 Å². The Morgan fingerprint density at radius 3 is 3.00 bits per heavy atom. The summed E-state index contributed by atoms with van der Waals surface area (Å²) in [5.41, 5.74) is 6.54. The topological polar surface area (TPSA) is 80.9 Å². The molecule has 2 rings (SSSR count). The number of carbonyl (C=O) groups excluding carboxylic acids is 1. The fraction of sp³-hybridized carbons (Fsp3) is 0.417. The van der Waals surface area contributed by atoms with Crippen molar-refractivity contribution >= 4 is 39.2 Å². The van der Waals surface area contributed by atoms with Crippen LogP contribution in [0, 0.1) is 13.8 Å². The highest BCUT2D eigenvalue weighted by molar-refractivity contribution is 8.00. The van der Waals surface area contributed by atoms with Gasteiger partial charge in [-0.05, 0) is 19.4 Å². The molecule has 7 heteroatoms. The third kappa shape index (κ3) is 3.23. The third-order valence-electron chi connectivity index (χ3n) is 2.74. The SMILES string of the molecule is Cc1sc2ncnc(SCC(=O)NCCN)c2c1C. The van der Waals surface area contributed by atoms with Crippen LogP contribution in [-0.4, -0.2) is 34.7 Å². The predicted octanol–water partition coefficient (Wildman–Crippen LogP) is 1.48. The van der Waals surface area contributed by atoms with E-state index in [0.29, 0.717) is 18.8 Å². The molecule has 2 aromatic rings. The summed E-state index contributed by atoms with van der Waals surface area (Å²) in [6.07, 6.45) is 1.55. The summed E-state index contributed by atoms with van der Waals surface area (Å²) in [5, 5.41) is 4.69. The Morgan fingerprint density at radius 2 is 2.26 bits per heavy atom.